The van der Waals surface area contributed by atoms with E-state index >= 15 is 0 Å². The minimum atomic E-state index is -1.12. The average molecular weight is 283 g/mol. The third-order valence-corrected chi connectivity index (χ3v) is 3.61. The molecule has 1 aromatic carbocycles. The molecule has 3 N–H and O–H groups in total. The molecule has 0 aliphatic carbocycles. The Kier molecular flexibility index (Phi) is 3.78. The first-order chi connectivity index (χ1) is 8.92. The van der Waals surface area contributed by atoms with Crippen molar-refractivity contribution in [1.82, 2.24) is 5.32 Å². The lowest BCUT2D eigenvalue weighted by molar-refractivity contribution is -0.123. The minimum absolute atomic E-state index is 0.00425. The van der Waals surface area contributed by atoms with Crippen LogP contribution < -0.4 is 10.6 Å². The van der Waals surface area contributed by atoms with Gasteiger partial charge in [0.2, 0.25) is 5.91 Å². The largest absolute Gasteiger partial charge is 0.478 e. The topological polar surface area (TPSA) is 78.4 Å². The summed E-state index contributed by atoms with van der Waals surface area (Å²) in [5, 5.41) is 15.2. The number of nitrogens with one attached hydrogen (secondary N) is 2. The van der Waals surface area contributed by atoms with Crippen LogP contribution in [-0.2, 0) is 4.79 Å². The summed E-state index contributed by atoms with van der Waals surface area (Å²) in [6.45, 7) is 3.24. The maximum Gasteiger partial charge on any atom is 0.337 e. The zero-order valence-corrected chi connectivity index (χ0v) is 11.3. The van der Waals surface area contributed by atoms with Crippen LogP contribution in [0.3, 0.4) is 0 Å². The number of carbonyl (C=O) groups excluding carboxylic acids is 1. The number of carboxylic acids is 1. The summed E-state index contributed by atoms with van der Waals surface area (Å²) in [4.78, 5) is 23.4. The van der Waals surface area contributed by atoms with Gasteiger partial charge in [-0.1, -0.05) is 11.6 Å². The third kappa shape index (κ3) is 2.88. The monoisotopic (exact) mass is 282 g/mol. The lowest BCUT2D eigenvalue weighted by Gasteiger charge is -2.22. The molecular weight excluding hydrogens is 268 g/mol. The van der Waals surface area contributed by atoms with Gasteiger partial charge in [-0.3, -0.25) is 4.79 Å². The van der Waals surface area contributed by atoms with Gasteiger partial charge in [0.05, 0.1) is 16.7 Å². The van der Waals surface area contributed by atoms with E-state index in [1.165, 1.54) is 12.1 Å². The molecule has 0 spiro atoms. The summed E-state index contributed by atoms with van der Waals surface area (Å²) in [5.74, 6) is -1.30. The van der Waals surface area contributed by atoms with E-state index in [0.29, 0.717) is 11.6 Å². The van der Waals surface area contributed by atoms with E-state index < -0.39 is 11.4 Å². The molecule has 0 aromatic heterocycles. The normalized spacial score (nSPS) is 22.2. The van der Waals surface area contributed by atoms with E-state index in [-0.39, 0.29) is 17.2 Å². The first-order valence-corrected chi connectivity index (χ1v) is 6.35. The number of aromatic carboxylic acids is 1. The molecule has 1 aliphatic heterocycles. The predicted molar refractivity (Wildman–Crippen MR) is 72.6 cm³/mol. The number of carbonyl (C=O) groups is 2. The van der Waals surface area contributed by atoms with E-state index in [0.717, 1.165) is 13.0 Å². The molecule has 0 saturated carbocycles. The highest BCUT2D eigenvalue weighted by Crippen LogP contribution is 2.28. The number of carboxylic acid groups (broad SMARTS) is 1. The highest BCUT2D eigenvalue weighted by molar-refractivity contribution is 6.31. The molecule has 2 rings (SSSR count). The fourth-order valence-electron chi connectivity index (χ4n) is 2.09. The summed E-state index contributed by atoms with van der Waals surface area (Å²) in [5.41, 5.74) is -0.236. The van der Waals surface area contributed by atoms with Crippen molar-refractivity contribution in [2.24, 2.45) is 5.41 Å². The molecule has 1 amide bonds. The standard InChI is InChI=1S/C13H15ClN2O3/c1-13(4-5-15-7-13)12(19)16-10-3-2-8(14)6-9(10)11(17)18/h2-3,6,15H,4-5,7H2,1H3,(H,16,19)(H,17,18). The molecule has 102 valence electrons. The predicted octanol–water partition coefficient (Wildman–Crippen LogP) is 1.98. The Morgan fingerprint density at radius 1 is 1.47 bits per heavy atom. The number of halogens is 1. The Labute approximate surface area is 116 Å². The van der Waals surface area contributed by atoms with Crippen molar-refractivity contribution in [3.05, 3.63) is 28.8 Å². The molecule has 0 bridgehead atoms. The van der Waals surface area contributed by atoms with Crippen molar-refractivity contribution in [3.8, 4) is 0 Å². The van der Waals surface area contributed by atoms with Crippen LogP contribution in [0.5, 0.6) is 0 Å². The maximum absolute atomic E-state index is 12.2. The second-order valence-electron chi connectivity index (χ2n) is 4.94. The third-order valence-electron chi connectivity index (χ3n) is 3.38. The Hall–Kier alpha value is -1.59. The summed E-state index contributed by atoms with van der Waals surface area (Å²) >= 11 is 5.77. The molecule has 1 aromatic rings. The number of hydrogen-bond acceptors (Lipinski definition) is 3. The number of benzene rings is 1. The van der Waals surface area contributed by atoms with Crippen LogP contribution in [-0.4, -0.2) is 30.1 Å². The van der Waals surface area contributed by atoms with Gasteiger partial charge in [-0.2, -0.15) is 0 Å². The van der Waals surface area contributed by atoms with Crippen LogP contribution in [0.15, 0.2) is 18.2 Å². The number of hydrogen-bond donors (Lipinski definition) is 3. The van der Waals surface area contributed by atoms with Crippen molar-refractivity contribution in [1.29, 1.82) is 0 Å². The number of rotatable bonds is 3. The first kappa shape index (κ1) is 13.8. The summed E-state index contributed by atoms with van der Waals surface area (Å²) in [6.07, 6.45) is 0.731. The van der Waals surface area contributed by atoms with Gasteiger partial charge in [0.1, 0.15) is 0 Å². The zero-order valence-electron chi connectivity index (χ0n) is 10.5. The molecule has 19 heavy (non-hydrogen) atoms. The Morgan fingerprint density at radius 2 is 2.21 bits per heavy atom. The SMILES string of the molecule is CC1(C(=O)Nc2ccc(Cl)cc2C(=O)O)CCNC1. The summed E-state index contributed by atoms with van der Waals surface area (Å²) in [6, 6.07) is 4.39. The summed E-state index contributed by atoms with van der Waals surface area (Å²) in [7, 11) is 0. The number of amides is 1. The van der Waals surface area contributed by atoms with Gasteiger partial charge in [-0.15, -0.1) is 0 Å². The molecule has 1 aliphatic rings. The van der Waals surface area contributed by atoms with E-state index in [1.54, 1.807) is 6.07 Å². The van der Waals surface area contributed by atoms with Crippen molar-refractivity contribution >= 4 is 29.2 Å². The second kappa shape index (κ2) is 5.19. The quantitative estimate of drug-likeness (QED) is 0.792. The average Bonchev–Trinajstić information content (AvgIpc) is 2.79. The molecule has 1 fully saturated rings. The van der Waals surface area contributed by atoms with Gasteiger partial charge >= 0.3 is 5.97 Å². The molecule has 1 heterocycles. The van der Waals surface area contributed by atoms with Crippen LogP contribution >= 0.6 is 11.6 Å². The summed E-state index contributed by atoms with van der Waals surface area (Å²) < 4.78 is 0. The maximum atomic E-state index is 12.2. The van der Waals surface area contributed by atoms with Crippen LogP contribution in [0, 0.1) is 5.41 Å². The number of anilines is 1. The van der Waals surface area contributed by atoms with Gasteiger partial charge in [-0.05, 0) is 38.1 Å². The van der Waals surface area contributed by atoms with Gasteiger partial charge < -0.3 is 15.7 Å². The first-order valence-electron chi connectivity index (χ1n) is 5.97. The van der Waals surface area contributed by atoms with Gasteiger partial charge in [0.15, 0.2) is 0 Å². The van der Waals surface area contributed by atoms with Crippen LogP contribution in [0.25, 0.3) is 0 Å². The fourth-order valence-corrected chi connectivity index (χ4v) is 2.26. The lowest BCUT2D eigenvalue weighted by Crippen LogP contribution is -2.35. The second-order valence-corrected chi connectivity index (χ2v) is 5.37. The van der Waals surface area contributed by atoms with E-state index in [9.17, 15) is 9.59 Å². The molecule has 1 atom stereocenters. The van der Waals surface area contributed by atoms with E-state index in [1.807, 2.05) is 6.92 Å². The van der Waals surface area contributed by atoms with Crippen molar-refractivity contribution in [3.63, 3.8) is 0 Å². The molecule has 5 nitrogen and oxygen atoms in total. The molecule has 6 heteroatoms. The lowest BCUT2D eigenvalue weighted by atomic mass is 9.88. The Morgan fingerprint density at radius 3 is 2.79 bits per heavy atom. The van der Waals surface area contributed by atoms with E-state index in [4.69, 9.17) is 16.7 Å². The van der Waals surface area contributed by atoms with Crippen molar-refractivity contribution in [2.75, 3.05) is 18.4 Å². The van der Waals surface area contributed by atoms with Gasteiger partial charge in [0.25, 0.3) is 0 Å². The molecule has 1 saturated heterocycles. The van der Waals surface area contributed by atoms with Crippen LogP contribution in [0.1, 0.15) is 23.7 Å². The molecule has 1 unspecified atom stereocenters. The van der Waals surface area contributed by atoms with Gasteiger partial charge in [0, 0.05) is 11.6 Å². The van der Waals surface area contributed by atoms with Crippen molar-refractivity contribution < 1.29 is 14.7 Å². The Bertz CT molecular complexity index is 525. The zero-order chi connectivity index (χ0) is 14.0. The van der Waals surface area contributed by atoms with Crippen LogP contribution in [0.2, 0.25) is 5.02 Å². The smallest absolute Gasteiger partial charge is 0.337 e. The highest BCUT2D eigenvalue weighted by atomic mass is 35.5. The highest BCUT2D eigenvalue weighted by Gasteiger charge is 2.36. The molecule has 0 radical (unpaired) electrons. The van der Waals surface area contributed by atoms with E-state index in [2.05, 4.69) is 10.6 Å². The van der Waals surface area contributed by atoms with Crippen LogP contribution in [0.4, 0.5) is 5.69 Å². The van der Waals surface area contributed by atoms with Gasteiger partial charge in [-0.25, -0.2) is 4.79 Å². The fraction of sp³-hybridized carbons (Fsp3) is 0.385. The minimum Gasteiger partial charge on any atom is -0.478 e. The van der Waals surface area contributed by atoms with Crippen molar-refractivity contribution in [2.45, 2.75) is 13.3 Å². The molecular formula is C13H15ClN2O3. The Balaban J connectivity index is 2.23.